The molecule has 0 saturated carbocycles. The molecule has 0 unspecified atom stereocenters. The summed E-state index contributed by atoms with van der Waals surface area (Å²) in [5, 5.41) is 4.35. The topological polar surface area (TPSA) is 34.8 Å². The minimum absolute atomic E-state index is 0.560. The minimum atomic E-state index is -0.634. The minimum Gasteiger partial charge on any atom is -0.457 e. The Morgan fingerprint density at radius 2 is 0.776 bits per heavy atom. The first-order chi connectivity index (χ1) is 37.7. The average Bonchev–Trinajstić information content (AvgIpc) is 4.13. The van der Waals surface area contributed by atoms with Gasteiger partial charge >= 0.3 is 0 Å². The zero-order valence-corrected chi connectivity index (χ0v) is 41.0. The molecule has 12 aromatic carbocycles. The van der Waals surface area contributed by atoms with Crippen molar-refractivity contribution in [3.63, 3.8) is 0 Å². The molecule has 17 rings (SSSR count). The molecule has 76 heavy (non-hydrogen) atoms. The standard InChI is InChI=1S/C72H43NO3/c1-2-17-49-45(16-1)34-39-54-69-63(28-15-31-68(69)76-70(49)54)73(48-38-41-67-62(43-48)72(60-27-12-14-30-65(60)75-67)57-24-9-5-20-52(57)53-21-6-10-25-58(53)72)47-36-32-44(33-37-47)46-35-40-66-61(42-46)71(59-26-11-13-29-64(59)74-66)55-22-7-3-18-50(55)51-19-4-8-23-56(51)71/h1-43H. The Balaban J connectivity index is 0.878. The smallest absolute Gasteiger partial charge is 0.143 e. The van der Waals surface area contributed by atoms with E-state index >= 15 is 0 Å². The van der Waals surface area contributed by atoms with Crippen molar-refractivity contribution in [2.24, 2.45) is 0 Å². The van der Waals surface area contributed by atoms with E-state index < -0.39 is 10.8 Å². The molecule has 0 N–H and O–H groups in total. The lowest BCUT2D eigenvalue weighted by Crippen LogP contribution is -2.32. The number of ether oxygens (including phenoxy) is 2. The number of anilines is 3. The van der Waals surface area contributed by atoms with Crippen molar-refractivity contribution in [3.8, 4) is 56.4 Å². The maximum Gasteiger partial charge on any atom is 0.143 e. The fraction of sp³-hybridized carbons (Fsp3) is 0.0278. The van der Waals surface area contributed by atoms with E-state index in [0.717, 1.165) is 106 Å². The number of para-hydroxylation sites is 2. The summed E-state index contributed by atoms with van der Waals surface area (Å²) in [6.45, 7) is 0. The molecule has 2 aliphatic heterocycles. The molecule has 0 atom stereocenters. The summed E-state index contributed by atoms with van der Waals surface area (Å²) in [5.74, 6) is 3.47. The van der Waals surface area contributed by atoms with Gasteiger partial charge in [0.05, 0.1) is 21.9 Å². The van der Waals surface area contributed by atoms with Crippen molar-refractivity contribution in [3.05, 3.63) is 305 Å². The number of hydrogen-bond acceptors (Lipinski definition) is 4. The van der Waals surface area contributed by atoms with Crippen LogP contribution in [0.4, 0.5) is 17.1 Å². The normalized spacial score (nSPS) is 14.2. The number of rotatable bonds is 4. The number of benzene rings is 12. The highest BCUT2D eigenvalue weighted by Crippen LogP contribution is 2.64. The van der Waals surface area contributed by atoms with Gasteiger partial charge in [-0.05, 0) is 134 Å². The molecule has 0 fully saturated rings. The van der Waals surface area contributed by atoms with Crippen LogP contribution in [0.1, 0.15) is 44.5 Å². The second-order valence-electron chi connectivity index (χ2n) is 20.6. The monoisotopic (exact) mass is 969 g/mol. The molecule has 4 heteroatoms. The summed E-state index contributed by atoms with van der Waals surface area (Å²) in [4.78, 5) is 2.41. The molecule has 13 aromatic rings. The predicted octanol–water partition coefficient (Wildman–Crippen LogP) is 18.8. The van der Waals surface area contributed by atoms with E-state index in [1.165, 1.54) is 44.5 Å². The SMILES string of the molecule is c1ccc2c(c1)Oc1ccc(-c3ccc(N(c4ccc5c(c4)C4(c6ccccc6O5)c5ccccc5-c5ccccc54)c4cccc5oc6c7ccccc7ccc6c45)cc3)cc1C21c2ccccc2-c2ccccc21. The van der Waals surface area contributed by atoms with E-state index in [-0.39, 0.29) is 0 Å². The van der Waals surface area contributed by atoms with Crippen LogP contribution < -0.4 is 14.4 Å². The maximum absolute atomic E-state index is 6.95. The van der Waals surface area contributed by atoms with Crippen molar-refractivity contribution in [1.82, 2.24) is 0 Å². The Hall–Kier alpha value is -9.90. The van der Waals surface area contributed by atoms with Gasteiger partial charge in [-0.2, -0.15) is 0 Å². The number of furan rings is 1. The highest BCUT2D eigenvalue weighted by molar-refractivity contribution is 6.19. The van der Waals surface area contributed by atoms with Crippen LogP contribution in [0, 0.1) is 0 Å². The molecule has 1 aromatic heterocycles. The number of fused-ring (bicyclic) bond motifs is 23. The second kappa shape index (κ2) is 15.3. The Bertz CT molecular complexity index is 4530. The third-order valence-corrected chi connectivity index (χ3v) is 17.0. The van der Waals surface area contributed by atoms with Crippen LogP contribution in [0.5, 0.6) is 23.0 Å². The lowest BCUT2D eigenvalue weighted by Gasteiger charge is -2.40. The molecule has 4 aliphatic rings. The first-order valence-electron chi connectivity index (χ1n) is 26.1. The Kier molecular flexibility index (Phi) is 8.38. The molecule has 2 aliphatic carbocycles. The van der Waals surface area contributed by atoms with Crippen molar-refractivity contribution in [2.45, 2.75) is 10.8 Å². The number of hydrogen-bond donors (Lipinski definition) is 0. The third-order valence-electron chi connectivity index (χ3n) is 17.0. The van der Waals surface area contributed by atoms with Crippen LogP contribution >= 0.6 is 0 Å². The molecular formula is C72H43NO3. The first kappa shape index (κ1) is 41.6. The average molecular weight is 970 g/mol. The Morgan fingerprint density at radius 1 is 0.303 bits per heavy atom. The molecule has 4 nitrogen and oxygen atoms in total. The van der Waals surface area contributed by atoms with Crippen molar-refractivity contribution >= 4 is 49.8 Å². The summed E-state index contributed by atoms with van der Waals surface area (Å²) in [5.41, 5.74) is 20.3. The lowest BCUT2D eigenvalue weighted by atomic mass is 9.66. The van der Waals surface area contributed by atoms with Crippen molar-refractivity contribution < 1.29 is 13.9 Å². The van der Waals surface area contributed by atoms with E-state index in [2.05, 4.69) is 266 Å². The van der Waals surface area contributed by atoms with E-state index in [9.17, 15) is 0 Å². The van der Waals surface area contributed by atoms with Crippen LogP contribution in [0.25, 0.3) is 66.1 Å². The zero-order valence-electron chi connectivity index (χ0n) is 41.0. The van der Waals surface area contributed by atoms with Crippen molar-refractivity contribution in [1.29, 1.82) is 0 Å². The van der Waals surface area contributed by atoms with E-state index in [4.69, 9.17) is 13.9 Å². The quantitative estimate of drug-likeness (QED) is 0.176. The molecule has 0 bridgehead atoms. The van der Waals surface area contributed by atoms with Crippen LogP contribution in [-0.4, -0.2) is 0 Å². The highest BCUT2D eigenvalue weighted by atomic mass is 16.5. The Labute approximate surface area is 438 Å². The highest BCUT2D eigenvalue weighted by Gasteiger charge is 2.52. The van der Waals surface area contributed by atoms with Gasteiger partial charge in [0.1, 0.15) is 34.2 Å². The van der Waals surface area contributed by atoms with Gasteiger partial charge in [-0.3, -0.25) is 0 Å². The molecule has 2 spiro atoms. The van der Waals surface area contributed by atoms with Crippen LogP contribution in [0.15, 0.2) is 265 Å². The predicted molar refractivity (Wildman–Crippen MR) is 306 cm³/mol. The second-order valence-corrected chi connectivity index (χ2v) is 20.6. The molecule has 354 valence electrons. The van der Waals surface area contributed by atoms with Gasteiger partial charge in [0.25, 0.3) is 0 Å². The first-order valence-corrected chi connectivity index (χ1v) is 26.1. The summed E-state index contributed by atoms with van der Waals surface area (Å²) in [6, 6.07) is 94.8. The van der Waals surface area contributed by atoms with Gasteiger partial charge in [0.2, 0.25) is 0 Å². The van der Waals surface area contributed by atoms with E-state index in [0.29, 0.717) is 0 Å². The molecule has 3 heterocycles. The fourth-order valence-corrected chi connectivity index (χ4v) is 14.0. The summed E-state index contributed by atoms with van der Waals surface area (Å²) in [6.07, 6.45) is 0. The maximum atomic E-state index is 6.95. The zero-order chi connectivity index (χ0) is 49.7. The molecule has 0 radical (unpaired) electrons. The number of nitrogens with zero attached hydrogens (tertiary/aromatic N) is 1. The van der Waals surface area contributed by atoms with Gasteiger partial charge in [-0.1, -0.05) is 188 Å². The van der Waals surface area contributed by atoms with Crippen LogP contribution in [-0.2, 0) is 10.8 Å². The Morgan fingerprint density at radius 3 is 1.38 bits per heavy atom. The summed E-state index contributed by atoms with van der Waals surface area (Å²) in [7, 11) is 0. The van der Waals surface area contributed by atoms with Gasteiger partial charge in [0.15, 0.2) is 0 Å². The van der Waals surface area contributed by atoms with Gasteiger partial charge in [0, 0.05) is 44.4 Å². The molecule has 0 amide bonds. The summed E-state index contributed by atoms with van der Waals surface area (Å²) < 4.78 is 20.7. The fourth-order valence-electron chi connectivity index (χ4n) is 14.0. The van der Waals surface area contributed by atoms with Crippen LogP contribution in [0.3, 0.4) is 0 Å². The summed E-state index contributed by atoms with van der Waals surface area (Å²) >= 11 is 0. The van der Waals surface area contributed by atoms with Crippen molar-refractivity contribution in [2.75, 3.05) is 4.90 Å². The van der Waals surface area contributed by atoms with E-state index in [1.54, 1.807) is 0 Å². The molecule has 0 saturated heterocycles. The molecular weight excluding hydrogens is 927 g/mol. The third kappa shape index (κ3) is 5.37. The largest absolute Gasteiger partial charge is 0.457 e. The van der Waals surface area contributed by atoms with Gasteiger partial charge in [-0.15, -0.1) is 0 Å². The van der Waals surface area contributed by atoms with Gasteiger partial charge in [-0.25, -0.2) is 0 Å². The van der Waals surface area contributed by atoms with Crippen LogP contribution in [0.2, 0.25) is 0 Å². The lowest BCUT2D eigenvalue weighted by molar-refractivity contribution is 0.436. The van der Waals surface area contributed by atoms with E-state index in [1.807, 2.05) is 0 Å². The van der Waals surface area contributed by atoms with Gasteiger partial charge < -0.3 is 18.8 Å².